The van der Waals surface area contributed by atoms with E-state index in [0.29, 0.717) is 26.4 Å². The summed E-state index contributed by atoms with van der Waals surface area (Å²) in [6.45, 7) is 3.60. The predicted molar refractivity (Wildman–Crippen MR) is 106 cm³/mol. The second-order valence-corrected chi connectivity index (χ2v) is 7.38. The molecule has 0 amide bonds. The summed E-state index contributed by atoms with van der Waals surface area (Å²) in [7, 11) is 0. The smallest absolute Gasteiger partial charge is 0.338 e. The maximum atomic E-state index is 13.5. The molecule has 0 bridgehead atoms. The number of thiazole rings is 1. The molecule has 0 aliphatic carbocycles. The second-order valence-electron chi connectivity index (χ2n) is 6.37. The highest BCUT2D eigenvalue weighted by Gasteiger charge is 2.33. The summed E-state index contributed by atoms with van der Waals surface area (Å²) in [5.74, 6) is -0.421. The molecule has 0 fully saturated rings. The van der Waals surface area contributed by atoms with Gasteiger partial charge in [0.05, 0.1) is 34.7 Å². The van der Waals surface area contributed by atoms with Crippen molar-refractivity contribution in [2.75, 3.05) is 6.61 Å². The number of aromatic nitrogens is 1. The number of esters is 1. The molecular formula is C21H17FN2O4S. The first-order chi connectivity index (χ1) is 14.0. The van der Waals surface area contributed by atoms with Gasteiger partial charge in [-0.1, -0.05) is 23.5 Å². The number of ether oxygens (including phenoxy) is 1. The molecule has 2 aromatic heterocycles. The molecule has 3 heterocycles. The predicted octanol–water partition coefficient (Wildman–Crippen LogP) is 2.53. The largest absolute Gasteiger partial charge is 0.465 e. The minimum Gasteiger partial charge on any atom is -0.465 e. The molecule has 4 rings (SSSR count). The Hall–Kier alpha value is -3.26. The number of nitrogens with zero attached hydrogens (tertiary/aromatic N) is 2. The average Bonchev–Trinajstić information content (AvgIpc) is 3.30. The van der Waals surface area contributed by atoms with E-state index in [4.69, 9.17) is 9.15 Å². The summed E-state index contributed by atoms with van der Waals surface area (Å²) in [6.07, 6.45) is 3.15. The normalized spacial score (nSPS) is 16.5. The summed E-state index contributed by atoms with van der Waals surface area (Å²) in [5.41, 5.74) is 1.00. The van der Waals surface area contributed by atoms with E-state index in [2.05, 4.69) is 4.99 Å². The van der Waals surface area contributed by atoms with Crippen LogP contribution < -0.4 is 14.9 Å². The van der Waals surface area contributed by atoms with E-state index in [-0.39, 0.29) is 17.7 Å². The zero-order valence-corrected chi connectivity index (χ0v) is 16.5. The van der Waals surface area contributed by atoms with Gasteiger partial charge < -0.3 is 9.15 Å². The number of furan rings is 1. The van der Waals surface area contributed by atoms with Crippen LogP contribution in [0.5, 0.6) is 0 Å². The first-order valence-electron chi connectivity index (χ1n) is 8.98. The number of hydrogen-bond donors (Lipinski definition) is 0. The molecule has 0 saturated heterocycles. The molecule has 29 heavy (non-hydrogen) atoms. The van der Waals surface area contributed by atoms with Gasteiger partial charge in [-0.15, -0.1) is 0 Å². The number of benzene rings is 1. The van der Waals surface area contributed by atoms with Gasteiger partial charge in [0, 0.05) is 6.08 Å². The molecule has 1 aliphatic heterocycles. The van der Waals surface area contributed by atoms with E-state index in [1.807, 2.05) is 0 Å². The van der Waals surface area contributed by atoms with Gasteiger partial charge in [0.2, 0.25) is 0 Å². The topological polar surface area (TPSA) is 73.8 Å². The highest BCUT2D eigenvalue weighted by atomic mass is 32.1. The maximum Gasteiger partial charge on any atom is 0.338 e. The van der Waals surface area contributed by atoms with Gasteiger partial charge in [-0.05, 0) is 43.7 Å². The van der Waals surface area contributed by atoms with E-state index in [1.165, 1.54) is 34.3 Å². The number of allylic oxidation sites excluding steroid dienone is 1. The fourth-order valence-corrected chi connectivity index (χ4v) is 4.28. The Morgan fingerprint density at radius 3 is 2.76 bits per heavy atom. The molecule has 0 radical (unpaired) electrons. The van der Waals surface area contributed by atoms with Crippen LogP contribution in [0.2, 0.25) is 0 Å². The molecule has 0 unspecified atom stereocenters. The molecule has 3 aromatic rings. The Balaban J connectivity index is 1.97. The van der Waals surface area contributed by atoms with Crippen LogP contribution in [0, 0.1) is 5.82 Å². The highest BCUT2D eigenvalue weighted by molar-refractivity contribution is 7.07. The molecule has 0 saturated carbocycles. The van der Waals surface area contributed by atoms with Crippen molar-refractivity contribution >= 4 is 23.4 Å². The lowest BCUT2D eigenvalue weighted by molar-refractivity contribution is -0.139. The Kier molecular flexibility index (Phi) is 5.02. The Bertz CT molecular complexity index is 1270. The van der Waals surface area contributed by atoms with E-state index in [1.54, 1.807) is 44.2 Å². The zero-order valence-electron chi connectivity index (χ0n) is 15.7. The zero-order chi connectivity index (χ0) is 20.5. The van der Waals surface area contributed by atoms with Crippen LogP contribution in [-0.2, 0) is 9.53 Å². The Morgan fingerprint density at radius 1 is 1.34 bits per heavy atom. The quantitative estimate of drug-likeness (QED) is 0.618. The molecular weight excluding hydrogens is 395 g/mol. The Labute approximate surface area is 168 Å². The van der Waals surface area contributed by atoms with Crippen molar-refractivity contribution in [3.8, 4) is 0 Å². The fraction of sp³-hybridized carbons (Fsp3) is 0.190. The van der Waals surface area contributed by atoms with Crippen molar-refractivity contribution in [1.82, 2.24) is 4.57 Å². The monoisotopic (exact) mass is 412 g/mol. The van der Waals surface area contributed by atoms with Crippen LogP contribution in [-0.4, -0.2) is 17.1 Å². The van der Waals surface area contributed by atoms with Gasteiger partial charge in [-0.3, -0.25) is 9.36 Å². The Morgan fingerprint density at radius 2 is 2.10 bits per heavy atom. The summed E-state index contributed by atoms with van der Waals surface area (Å²) >= 11 is 1.20. The van der Waals surface area contributed by atoms with Gasteiger partial charge in [0.25, 0.3) is 5.56 Å². The standard InChI is InChI=1S/C21H17FN2O4S/c1-3-27-20(26)17-12(2)23-21-24(18(17)13-6-8-14(22)9-7-13)19(25)16(29-21)11-15-5-4-10-28-15/h4-11,18H,3H2,1-2H3/b16-11+/t18-/m0/s1. The first-order valence-corrected chi connectivity index (χ1v) is 9.80. The van der Waals surface area contributed by atoms with Crippen molar-refractivity contribution in [3.63, 3.8) is 0 Å². The molecule has 1 aliphatic rings. The number of rotatable bonds is 4. The minimum atomic E-state index is -0.760. The maximum absolute atomic E-state index is 13.5. The van der Waals surface area contributed by atoms with Crippen molar-refractivity contribution in [3.05, 3.63) is 90.8 Å². The molecule has 148 valence electrons. The number of halogens is 1. The van der Waals surface area contributed by atoms with Crippen LogP contribution in [0.25, 0.3) is 6.08 Å². The molecule has 1 atom stereocenters. The third kappa shape index (κ3) is 3.47. The summed E-state index contributed by atoms with van der Waals surface area (Å²) < 4.78 is 25.9. The number of carbonyl (C=O) groups is 1. The van der Waals surface area contributed by atoms with Crippen LogP contribution in [0.1, 0.15) is 31.2 Å². The van der Waals surface area contributed by atoms with Crippen molar-refractivity contribution < 1.29 is 18.3 Å². The van der Waals surface area contributed by atoms with Crippen LogP contribution in [0.4, 0.5) is 4.39 Å². The third-order valence-electron chi connectivity index (χ3n) is 4.52. The number of fused-ring (bicyclic) bond motifs is 1. The number of hydrogen-bond acceptors (Lipinski definition) is 6. The molecule has 1 aromatic carbocycles. The van der Waals surface area contributed by atoms with Crippen molar-refractivity contribution in [1.29, 1.82) is 0 Å². The van der Waals surface area contributed by atoms with Crippen LogP contribution in [0.15, 0.2) is 68.1 Å². The third-order valence-corrected chi connectivity index (χ3v) is 5.50. The van der Waals surface area contributed by atoms with E-state index in [0.717, 1.165) is 0 Å². The van der Waals surface area contributed by atoms with Gasteiger partial charge in [-0.2, -0.15) is 0 Å². The van der Waals surface area contributed by atoms with Gasteiger partial charge in [0.15, 0.2) is 4.80 Å². The lowest BCUT2D eigenvalue weighted by Gasteiger charge is -2.24. The summed E-state index contributed by atoms with van der Waals surface area (Å²) in [5, 5.41) is 0. The van der Waals surface area contributed by atoms with E-state index < -0.39 is 17.8 Å². The van der Waals surface area contributed by atoms with Gasteiger partial charge in [0.1, 0.15) is 11.6 Å². The van der Waals surface area contributed by atoms with Crippen molar-refractivity contribution in [2.24, 2.45) is 4.99 Å². The van der Waals surface area contributed by atoms with Crippen LogP contribution >= 0.6 is 11.3 Å². The average molecular weight is 412 g/mol. The van der Waals surface area contributed by atoms with Gasteiger partial charge >= 0.3 is 5.97 Å². The lowest BCUT2D eigenvalue weighted by atomic mass is 9.96. The molecule has 8 heteroatoms. The lowest BCUT2D eigenvalue weighted by Crippen LogP contribution is -2.39. The van der Waals surface area contributed by atoms with E-state index in [9.17, 15) is 14.0 Å². The minimum absolute atomic E-state index is 0.189. The molecule has 0 spiro atoms. The molecule has 0 N–H and O–H groups in total. The summed E-state index contributed by atoms with van der Waals surface area (Å²) in [4.78, 5) is 30.8. The fourth-order valence-electron chi connectivity index (χ4n) is 3.25. The molecule has 6 nitrogen and oxygen atoms in total. The van der Waals surface area contributed by atoms with Crippen LogP contribution in [0.3, 0.4) is 0 Å². The highest BCUT2D eigenvalue weighted by Crippen LogP contribution is 2.30. The van der Waals surface area contributed by atoms with E-state index >= 15 is 0 Å². The first kappa shape index (κ1) is 19.1. The van der Waals surface area contributed by atoms with Gasteiger partial charge in [-0.25, -0.2) is 14.2 Å². The second kappa shape index (κ2) is 7.63. The SMILES string of the molecule is CCOC(=O)C1=C(C)N=c2s/c(=C/c3ccco3)c(=O)n2[C@H]1c1ccc(F)cc1. The van der Waals surface area contributed by atoms with Crippen molar-refractivity contribution in [2.45, 2.75) is 19.9 Å². The summed E-state index contributed by atoms with van der Waals surface area (Å²) in [6, 6.07) is 8.42. The number of carbonyl (C=O) groups excluding carboxylic acids is 1.